The van der Waals surface area contributed by atoms with Gasteiger partial charge < -0.3 is 19.5 Å². The summed E-state index contributed by atoms with van der Waals surface area (Å²) in [5.41, 5.74) is 0.974. The third-order valence-electron chi connectivity index (χ3n) is 3.85. The molecule has 1 aliphatic rings. The highest BCUT2D eigenvalue weighted by atomic mass is 16.5. The van der Waals surface area contributed by atoms with Crippen molar-refractivity contribution in [1.29, 1.82) is 0 Å². The zero-order valence-electron chi connectivity index (χ0n) is 12.8. The summed E-state index contributed by atoms with van der Waals surface area (Å²) in [5.74, 6) is -0.341. The predicted octanol–water partition coefficient (Wildman–Crippen LogP) is 1.50. The van der Waals surface area contributed by atoms with Gasteiger partial charge in [0.05, 0.1) is 20.3 Å². The van der Waals surface area contributed by atoms with E-state index < -0.39 is 12.1 Å². The smallest absolute Gasteiger partial charge is 0.334 e. The Hall–Kier alpha value is -2.08. The molecule has 1 saturated heterocycles. The Labute approximate surface area is 129 Å². The molecule has 1 aromatic rings. The number of carboxylic acids is 1. The van der Waals surface area contributed by atoms with E-state index in [1.165, 1.54) is 0 Å². The van der Waals surface area contributed by atoms with Crippen LogP contribution in [0.3, 0.4) is 0 Å². The van der Waals surface area contributed by atoms with Crippen LogP contribution in [0.15, 0.2) is 24.3 Å². The summed E-state index contributed by atoms with van der Waals surface area (Å²) in [6.45, 7) is 2.75. The lowest BCUT2D eigenvalue weighted by Crippen LogP contribution is -2.48. The van der Waals surface area contributed by atoms with Crippen LogP contribution in [-0.2, 0) is 14.3 Å². The molecule has 2 atom stereocenters. The molecule has 0 saturated carbocycles. The van der Waals surface area contributed by atoms with Crippen molar-refractivity contribution in [2.24, 2.45) is 0 Å². The first-order chi connectivity index (χ1) is 10.5. The molecule has 0 bridgehead atoms. The molecule has 0 spiro atoms. The van der Waals surface area contributed by atoms with E-state index >= 15 is 0 Å². The number of rotatable bonds is 5. The number of carbonyl (C=O) groups excluding carboxylic acids is 1. The van der Waals surface area contributed by atoms with E-state index in [4.69, 9.17) is 14.6 Å². The fourth-order valence-corrected chi connectivity index (χ4v) is 2.60. The third-order valence-corrected chi connectivity index (χ3v) is 3.85. The van der Waals surface area contributed by atoms with Crippen molar-refractivity contribution in [3.05, 3.63) is 29.8 Å². The third kappa shape index (κ3) is 3.76. The zero-order chi connectivity index (χ0) is 16.1. The van der Waals surface area contributed by atoms with Crippen LogP contribution in [0.2, 0.25) is 0 Å². The number of hydrogen-bond donors (Lipinski definition) is 1. The number of amides is 1. The van der Waals surface area contributed by atoms with Gasteiger partial charge in [0.1, 0.15) is 5.75 Å². The van der Waals surface area contributed by atoms with E-state index in [-0.39, 0.29) is 25.0 Å². The van der Waals surface area contributed by atoms with Crippen molar-refractivity contribution in [1.82, 2.24) is 4.90 Å². The Bertz CT molecular complexity index is 545. The second-order valence-corrected chi connectivity index (χ2v) is 5.38. The van der Waals surface area contributed by atoms with E-state index in [0.29, 0.717) is 13.0 Å². The lowest BCUT2D eigenvalue weighted by Gasteiger charge is -2.31. The van der Waals surface area contributed by atoms with Crippen molar-refractivity contribution in [3.8, 4) is 5.75 Å². The van der Waals surface area contributed by atoms with Gasteiger partial charge in [0.25, 0.3) is 0 Å². The first-order valence-corrected chi connectivity index (χ1v) is 7.28. The molecule has 1 aliphatic heterocycles. The standard InChI is InChI=1S/C16H21NO5/c1-11(12-5-3-4-6-13(12)21-2)9-15(18)17-7-8-22-14(10-17)16(19)20/h3-6,11,14H,7-10H2,1-2H3,(H,19,20)/t11-,14-/m1/s1. The fraction of sp³-hybridized carbons (Fsp3) is 0.500. The van der Waals surface area contributed by atoms with Crippen LogP contribution in [0.25, 0.3) is 0 Å². The number of aliphatic carboxylic acids is 1. The number of benzene rings is 1. The van der Waals surface area contributed by atoms with Gasteiger partial charge in [-0.2, -0.15) is 0 Å². The van der Waals surface area contributed by atoms with Gasteiger partial charge in [-0.15, -0.1) is 0 Å². The number of methoxy groups -OCH3 is 1. The summed E-state index contributed by atoms with van der Waals surface area (Å²) >= 11 is 0. The molecule has 120 valence electrons. The fourth-order valence-electron chi connectivity index (χ4n) is 2.60. The first kappa shape index (κ1) is 16.3. The normalized spacial score (nSPS) is 19.5. The topological polar surface area (TPSA) is 76.1 Å². The monoisotopic (exact) mass is 307 g/mol. The van der Waals surface area contributed by atoms with Gasteiger partial charge in [-0.3, -0.25) is 4.79 Å². The van der Waals surface area contributed by atoms with Gasteiger partial charge in [0.15, 0.2) is 6.10 Å². The first-order valence-electron chi connectivity index (χ1n) is 7.28. The van der Waals surface area contributed by atoms with Gasteiger partial charge in [-0.05, 0) is 17.5 Å². The average molecular weight is 307 g/mol. The van der Waals surface area contributed by atoms with E-state index in [9.17, 15) is 9.59 Å². The zero-order valence-corrected chi connectivity index (χ0v) is 12.8. The summed E-state index contributed by atoms with van der Waals surface area (Å²) in [6.07, 6.45) is -0.619. The molecule has 1 aromatic carbocycles. The largest absolute Gasteiger partial charge is 0.496 e. The number of nitrogens with zero attached hydrogens (tertiary/aromatic N) is 1. The molecule has 22 heavy (non-hydrogen) atoms. The highest BCUT2D eigenvalue weighted by Crippen LogP contribution is 2.29. The molecular weight excluding hydrogens is 286 g/mol. The van der Waals surface area contributed by atoms with Crippen LogP contribution in [-0.4, -0.2) is 54.8 Å². The van der Waals surface area contributed by atoms with Crippen LogP contribution < -0.4 is 4.74 Å². The maximum absolute atomic E-state index is 12.4. The summed E-state index contributed by atoms with van der Waals surface area (Å²) < 4.78 is 10.5. The molecule has 1 fully saturated rings. The highest BCUT2D eigenvalue weighted by Gasteiger charge is 2.29. The number of morpholine rings is 1. The quantitative estimate of drug-likeness (QED) is 0.892. The van der Waals surface area contributed by atoms with E-state index in [1.54, 1.807) is 12.0 Å². The van der Waals surface area contributed by atoms with Gasteiger partial charge >= 0.3 is 5.97 Å². The molecule has 1 heterocycles. The van der Waals surface area contributed by atoms with Crippen molar-refractivity contribution >= 4 is 11.9 Å². The molecule has 0 unspecified atom stereocenters. The average Bonchev–Trinajstić information content (AvgIpc) is 2.54. The van der Waals surface area contributed by atoms with Crippen molar-refractivity contribution in [2.45, 2.75) is 25.4 Å². The van der Waals surface area contributed by atoms with Crippen LogP contribution in [0.4, 0.5) is 0 Å². The minimum absolute atomic E-state index is 0.00484. The Balaban J connectivity index is 2.00. The van der Waals surface area contributed by atoms with Gasteiger partial charge in [-0.1, -0.05) is 25.1 Å². The van der Waals surface area contributed by atoms with E-state index in [0.717, 1.165) is 11.3 Å². The molecular formula is C16H21NO5. The summed E-state index contributed by atoms with van der Waals surface area (Å²) in [4.78, 5) is 24.9. The van der Waals surface area contributed by atoms with E-state index in [2.05, 4.69) is 0 Å². The van der Waals surface area contributed by atoms with Crippen LogP contribution in [0.1, 0.15) is 24.8 Å². The van der Waals surface area contributed by atoms with Gasteiger partial charge in [0, 0.05) is 13.0 Å². The maximum atomic E-state index is 12.4. The van der Waals surface area contributed by atoms with Gasteiger partial charge in [0.2, 0.25) is 5.91 Å². The number of ether oxygens (including phenoxy) is 2. The maximum Gasteiger partial charge on any atom is 0.334 e. The lowest BCUT2D eigenvalue weighted by molar-refractivity contribution is -0.159. The van der Waals surface area contributed by atoms with Crippen LogP contribution in [0, 0.1) is 0 Å². The molecule has 6 heteroatoms. The van der Waals surface area contributed by atoms with Crippen LogP contribution >= 0.6 is 0 Å². The minimum Gasteiger partial charge on any atom is -0.496 e. The number of para-hydroxylation sites is 1. The molecule has 1 N–H and O–H groups in total. The number of hydrogen-bond acceptors (Lipinski definition) is 4. The Morgan fingerprint density at radius 2 is 2.18 bits per heavy atom. The van der Waals surface area contributed by atoms with Crippen molar-refractivity contribution in [2.75, 3.05) is 26.8 Å². The van der Waals surface area contributed by atoms with Crippen LogP contribution in [0.5, 0.6) is 5.75 Å². The van der Waals surface area contributed by atoms with Crippen molar-refractivity contribution < 1.29 is 24.2 Å². The molecule has 6 nitrogen and oxygen atoms in total. The Morgan fingerprint density at radius 3 is 2.86 bits per heavy atom. The second kappa shape index (κ2) is 7.26. The highest BCUT2D eigenvalue weighted by molar-refractivity contribution is 5.79. The van der Waals surface area contributed by atoms with E-state index in [1.807, 2.05) is 31.2 Å². The Kier molecular flexibility index (Phi) is 5.38. The summed E-state index contributed by atoms with van der Waals surface area (Å²) in [6, 6.07) is 7.60. The molecule has 0 aromatic heterocycles. The summed E-state index contributed by atoms with van der Waals surface area (Å²) in [5, 5.41) is 8.99. The SMILES string of the molecule is COc1ccccc1[C@H](C)CC(=O)N1CCO[C@@H](C(=O)O)C1. The second-order valence-electron chi connectivity index (χ2n) is 5.38. The number of carboxylic acid groups (broad SMARTS) is 1. The predicted molar refractivity (Wildman–Crippen MR) is 80.0 cm³/mol. The molecule has 0 aliphatic carbocycles. The van der Waals surface area contributed by atoms with Gasteiger partial charge in [-0.25, -0.2) is 4.79 Å². The summed E-state index contributed by atoms with van der Waals surface area (Å²) in [7, 11) is 1.60. The Morgan fingerprint density at radius 1 is 1.45 bits per heavy atom. The molecule has 0 radical (unpaired) electrons. The molecule has 2 rings (SSSR count). The lowest BCUT2D eigenvalue weighted by atomic mass is 9.96. The van der Waals surface area contributed by atoms with Crippen molar-refractivity contribution in [3.63, 3.8) is 0 Å². The molecule has 1 amide bonds. The minimum atomic E-state index is -1.03. The number of carbonyl (C=O) groups is 2.